The molecule has 2 aromatic rings. The van der Waals surface area contributed by atoms with Crippen LogP contribution in [0.1, 0.15) is 30.2 Å². The largest absolute Gasteiger partial charge is 0.466 e. The van der Waals surface area contributed by atoms with E-state index in [0.717, 1.165) is 11.1 Å². The van der Waals surface area contributed by atoms with Crippen LogP contribution in [-0.2, 0) is 25.1 Å². The Labute approximate surface area is 150 Å². The van der Waals surface area contributed by atoms with Crippen LogP contribution in [0.4, 0.5) is 0 Å². The van der Waals surface area contributed by atoms with Crippen LogP contribution in [0.15, 0.2) is 60.7 Å². The number of carbonyl (C=O) groups excluding carboxylic acids is 2. The summed E-state index contributed by atoms with van der Waals surface area (Å²) in [5, 5.41) is -0.324. The number of amides is 1. The molecule has 25 heavy (non-hydrogen) atoms. The topological polar surface area (TPSA) is 86.5 Å². The van der Waals surface area contributed by atoms with E-state index in [1.807, 2.05) is 60.7 Å². The van der Waals surface area contributed by atoms with E-state index in [4.69, 9.17) is 5.73 Å². The maximum atomic E-state index is 12.4. The van der Waals surface area contributed by atoms with Crippen molar-refractivity contribution >= 4 is 22.7 Å². The van der Waals surface area contributed by atoms with E-state index in [9.17, 15) is 13.8 Å². The molecule has 134 valence electrons. The van der Waals surface area contributed by atoms with Gasteiger partial charge in [-0.15, -0.1) is 0 Å². The highest BCUT2D eigenvalue weighted by Gasteiger charge is 2.22. The Balaban J connectivity index is 0.000000450. The van der Waals surface area contributed by atoms with Gasteiger partial charge < -0.3 is 10.5 Å². The van der Waals surface area contributed by atoms with Crippen LogP contribution in [0.25, 0.3) is 0 Å². The van der Waals surface area contributed by atoms with Crippen LogP contribution < -0.4 is 5.73 Å². The van der Waals surface area contributed by atoms with Crippen LogP contribution in [0.5, 0.6) is 0 Å². The molecule has 1 unspecified atom stereocenters. The third kappa shape index (κ3) is 7.76. The van der Waals surface area contributed by atoms with Crippen molar-refractivity contribution < 1.29 is 18.5 Å². The first-order valence-electron chi connectivity index (χ1n) is 7.84. The minimum Gasteiger partial charge on any atom is -0.466 e. The second-order valence-corrected chi connectivity index (χ2v) is 6.64. The second kappa shape index (κ2) is 11.1. The molecule has 6 heteroatoms. The molecular weight excluding hydrogens is 338 g/mol. The fourth-order valence-corrected chi connectivity index (χ4v) is 3.55. The van der Waals surface area contributed by atoms with Crippen molar-refractivity contribution in [2.45, 2.75) is 19.1 Å². The van der Waals surface area contributed by atoms with E-state index < -0.39 is 16.7 Å². The van der Waals surface area contributed by atoms with Gasteiger partial charge in [0.2, 0.25) is 5.91 Å². The van der Waals surface area contributed by atoms with Gasteiger partial charge in [0.1, 0.15) is 5.75 Å². The predicted octanol–water partition coefficient (Wildman–Crippen LogP) is 2.58. The van der Waals surface area contributed by atoms with E-state index in [0.29, 0.717) is 6.61 Å². The summed E-state index contributed by atoms with van der Waals surface area (Å²) in [7, 11) is -1.36. The van der Waals surface area contributed by atoms with Crippen LogP contribution in [-0.4, -0.2) is 28.4 Å². The minimum absolute atomic E-state index is 0.131. The summed E-state index contributed by atoms with van der Waals surface area (Å²) in [5.41, 5.74) is 7.00. The summed E-state index contributed by atoms with van der Waals surface area (Å²) in [6, 6.07) is 19.0. The first-order valence-corrected chi connectivity index (χ1v) is 9.22. The van der Waals surface area contributed by atoms with Crippen molar-refractivity contribution in [3.63, 3.8) is 0 Å². The number of nitrogens with two attached hydrogens (primary N) is 1. The highest BCUT2D eigenvalue weighted by molar-refractivity contribution is 7.86. The first-order chi connectivity index (χ1) is 12.0. The summed E-state index contributed by atoms with van der Waals surface area (Å²) in [4.78, 5) is 20.8. The average molecular weight is 361 g/mol. The van der Waals surface area contributed by atoms with Gasteiger partial charge in [-0.2, -0.15) is 0 Å². The quantitative estimate of drug-likeness (QED) is 0.801. The Hall–Kier alpha value is -2.47. The molecule has 5 nitrogen and oxygen atoms in total. The molecule has 1 atom stereocenters. The lowest BCUT2D eigenvalue weighted by Gasteiger charge is -2.16. The van der Waals surface area contributed by atoms with Crippen molar-refractivity contribution in [1.82, 2.24) is 0 Å². The Morgan fingerprint density at radius 3 is 1.72 bits per heavy atom. The molecule has 0 saturated heterocycles. The molecule has 2 N–H and O–H groups in total. The highest BCUT2D eigenvalue weighted by atomic mass is 32.2. The van der Waals surface area contributed by atoms with Crippen LogP contribution in [0, 0.1) is 0 Å². The number of primary amides is 1. The normalized spacial score (nSPS) is 11.2. The van der Waals surface area contributed by atoms with E-state index in [1.54, 1.807) is 6.92 Å². The number of esters is 1. The summed E-state index contributed by atoms with van der Waals surface area (Å²) >= 11 is 0. The Bertz CT molecular complexity index is 650. The zero-order chi connectivity index (χ0) is 18.7. The Morgan fingerprint density at radius 1 is 1.00 bits per heavy atom. The van der Waals surface area contributed by atoms with Gasteiger partial charge in [0.15, 0.2) is 0 Å². The van der Waals surface area contributed by atoms with Gasteiger partial charge >= 0.3 is 5.97 Å². The maximum absolute atomic E-state index is 12.4. The lowest BCUT2D eigenvalue weighted by molar-refractivity contribution is -0.140. The molecule has 0 saturated carbocycles. The van der Waals surface area contributed by atoms with Gasteiger partial charge in [0.05, 0.1) is 11.9 Å². The third-order valence-electron chi connectivity index (χ3n) is 3.10. The number of hydrogen-bond donors (Lipinski definition) is 1. The minimum atomic E-state index is -1.36. The van der Waals surface area contributed by atoms with Crippen LogP contribution in [0.2, 0.25) is 0 Å². The van der Waals surface area contributed by atoms with E-state index in [2.05, 4.69) is 4.74 Å². The van der Waals surface area contributed by atoms with Gasteiger partial charge in [0, 0.05) is 17.7 Å². The SMILES string of the molecule is CCOC(C)=O.NC(=O)CS(=O)C(c1ccccc1)c1ccccc1. The fraction of sp³-hybridized carbons (Fsp3) is 0.263. The summed E-state index contributed by atoms with van der Waals surface area (Å²) in [6.45, 7) is 3.65. The standard InChI is InChI=1S/C15H15NO2S.C4H8O2/c16-14(17)11-19(18)15(12-7-3-1-4-8-12)13-9-5-2-6-10-13;1-3-6-4(2)5/h1-10,15H,11H2,(H2,16,17);3H2,1-2H3. The van der Waals surface area contributed by atoms with E-state index in [-0.39, 0.29) is 17.0 Å². The molecule has 0 aliphatic carbocycles. The molecule has 2 aromatic carbocycles. The van der Waals surface area contributed by atoms with Crippen molar-refractivity contribution in [3.8, 4) is 0 Å². The predicted molar refractivity (Wildman–Crippen MR) is 99.2 cm³/mol. The number of benzene rings is 2. The van der Waals surface area contributed by atoms with Gasteiger partial charge in [0.25, 0.3) is 0 Å². The zero-order valence-corrected chi connectivity index (χ0v) is 15.2. The summed E-state index contributed by atoms with van der Waals surface area (Å²) in [5.74, 6) is -0.887. The van der Waals surface area contributed by atoms with E-state index >= 15 is 0 Å². The zero-order valence-electron chi connectivity index (χ0n) is 14.4. The fourth-order valence-electron chi connectivity index (χ4n) is 2.18. The lowest BCUT2D eigenvalue weighted by atomic mass is 10.0. The Morgan fingerprint density at radius 2 is 1.44 bits per heavy atom. The summed E-state index contributed by atoms with van der Waals surface area (Å²) in [6.07, 6.45) is 0. The van der Waals surface area contributed by atoms with Gasteiger partial charge in [-0.1, -0.05) is 60.7 Å². The Kier molecular flexibility index (Phi) is 9.17. The molecule has 0 aliphatic rings. The number of hydrogen-bond acceptors (Lipinski definition) is 4. The number of carbonyl (C=O) groups is 2. The lowest BCUT2D eigenvalue weighted by Crippen LogP contribution is -2.23. The molecule has 0 spiro atoms. The molecule has 0 bridgehead atoms. The molecule has 1 amide bonds. The molecule has 2 rings (SSSR count). The molecule has 0 aliphatic heterocycles. The average Bonchev–Trinajstić information content (AvgIpc) is 2.57. The van der Waals surface area contributed by atoms with Crippen LogP contribution in [0.3, 0.4) is 0 Å². The van der Waals surface area contributed by atoms with Crippen molar-refractivity contribution in [3.05, 3.63) is 71.8 Å². The molecule has 0 aromatic heterocycles. The monoisotopic (exact) mass is 361 g/mol. The highest BCUT2D eigenvalue weighted by Crippen LogP contribution is 2.27. The first kappa shape index (κ1) is 20.6. The third-order valence-corrected chi connectivity index (χ3v) is 4.74. The molecule has 0 fully saturated rings. The molecule has 0 radical (unpaired) electrons. The molecule has 0 heterocycles. The van der Waals surface area contributed by atoms with Crippen molar-refractivity contribution in [2.75, 3.05) is 12.4 Å². The number of ether oxygens (including phenoxy) is 1. The van der Waals surface area contributed by atoms with Gasteiger partial charge in [-0.05, 0) is 18.1 Å². The van der Waals surface area contributed by atoms with Gasteiger partial charge in [-0.25, -0.2) is 0 Å². The molecular formula is C19H23NO4S. The van der Waals surface area contributed by atoms with Crippen molar-refractivity contribution in [2.24, 2.45) is 5.73 Å². The maximum Gasteiger partial charge on any atom is 0.302 e. The summed E-state index contributed by atoms with van der Waals surface area (Å²) < 4.78 is 16.8. The second-order valence-electron chi connectivity index (χ2n) is 5.12. The van der Waals surface area contributed by atoms with E-state index in [1.165, 1.54) is 6.92 Å². The van der Waals surface area contributed by atoms with Gasteiger partial charge in [-0.3, -0.25) is 13.8 Å². The number of rotatable bonds is 6. The van der Waals surface area contributed by atoms with Crippen molar-refractivity contribution in [1.29, 1.82) is 0 Å². The van der Waals surface area contributed by atoms with Crippen LogP contribution >= 0.6 is 0 Å². The smallest absolute Gasteiger partial charge is 0.302 e.